The van der Waals surface area contributed by atoms with Gasteiger partial charge in [0.15, 0.2) is 0 Å². The molecule has 0 amide bonds. The summed E-state index contributed by atoms with van der Waals surface area (Å²) in [6, 6.07) is -18.6. The first-order valence-electron chi connectivity index (χ1n) is 71.9. The van der Waals surface area contributed by atoms with Gasteiger partial charge in [-0.05, 0) is 311 Å². The van der Waals surface area contributed by atoms with Crippen LogP contribution in [0.15, 0.2) is 295 Å². The van der Waals surface area contributed by atoms with Gasteiger partial charge in [0.2, 0.25) is 0 Å². The largest absolute Gasteiger partial charge is 0.468 e. The molecule has 7 nitrogen and oxygen atoms in total. The standard InChI is InChI=1S/C68H78BN3O.C68H78BN3S/c2*1-63(2,3)43-19-29-49(30-20-43)70(50-31-21-44(22-32-50)64(4,5)6)53-41-57-60-58(42-53)72(52-35-25-46(26-36-52)66(10,11)12)61-54-39-47(67(13,14)15)28-38-59(54)73-62(61)69(60)55-40-48(68(16,17)18)27-37-56(55)71(57)51-33-23-45(24-34-51)65(7,8)9/h2*19-42H,1-18H3/i2*19D,20D,21D,22D,23D,24D,25D,26D,27D,28D,29D,30D,31D,32D,33D,34D,35D,36D,37D,38D,39D,40D. The van der Waals surface area contributed by atoms with Gasteiger partial charge in [0, 0.05) is 99.9 Å². The van der Waals surface area contributed by atoms with E-state index in [0.29, 0.717) is 0 Å². The minimum absolute atomic E-state index is 0.00263. The summed E-state index contributed by atoms with van der Waals surface area (Å²) < 4.78 is 447. The van der Waals surface area contributed by atoms with Gasteiger partial charge in [0.1, 0.15) is 5.58 Å². The van der Waals surface area contributed by atoms with E-state index < -0.39 is 354 Å². The van der Waals surface area contributed by atoms with Gasteiger partial charge in [-0.2, -0.15) is 0 Å². The minimum Gasteiger partial charge on any atom is -0.468 e. The third-order valence-electron chi connectivity index (χ3n) is 26.5. The molecule has 0 N–H and O–H groups in total. The molecular weight excluding hydrogens is 1790 g/mol. The van der Waals surface area contributed by atoms with Crippen molar-refractivity contribution >= 4 is 180 Å². The van der Waals surface area contributed by atoms with Crippen LogP contribution in [0.4, 0.5) is 102 Å². The zero-order valence-electron chi connectivity index (χ0n) is 135. The Labute approximate surface area is 941 Å². The van der Waals surface area contributed by atoms with E-state index in [0.717, 1.165) is 21.1 Å². The Morgan fingerprint density at radius 1 is 0.226 bits per heavy atom. The average Bonchev–Trinajstić information content (AvgIpc) is 1.34. The first kappa shape index (κ1) is 61.3. The molecule has 0 aliphatic carbocycles. The highest BCUT2D eigenvalue weighted by Gasteiger charge is 2.51. The van der Waals surface area contributed by atoms with Gasteiger partial charge in [-0.25, -0.2) is 0 Å². The van der Waals surface area contributed by atoms with Crippen molar-refractivity contribution in [3.8, 4) is 0 Å². The number of anilines is 18. The highest BCUT2D eigenvalue weighted by Crippen LogP contribution is 2.56. The lowest BCUT2D eigenvalue weighted by atomic mass is 9.35. The first-order chi connectivity index (χ1) is 86.4. The fourth-order valence-corrected chi connectivity index (χ4v) is 19.1. The van der Waals surface area contributed by atoms with Crippen molar-refractivity contribution in [2.45, 2.75) is 314 Å². The predicted molar refractivity (Wildman–Crippen MR) is 640 cm³/mol. The Bertz CT molecular complexity index is 9650. The molecule has 0 fully saturated rings. The smallest absolute Gasteiger partial charge is 0.297 e. The normalized spacial score (nSPS) is 18.3. The third-order valence-corrected chi connectivity index (χ3v) is 27.7. The number of rotatable bonds is 10. The van der Waals surface area contributed by atoms with Gasteiger partial charge < -0.3 is 33.8 Å². The summed E-state index contributed by atoms with van der Waals surface area (Å²) in [5, 5.41) is -0.178. The number of thiophene rings is 1. The molecule has 0 saturated heterocycles. The van der Waals surface area contributed by atoms with Crippen molar-refractivity contribution in [1.29, 1.82) is 0 Å². The SMILES string of the molecule is [2H]c1c([2H])c(C(C)(C)C)c([2H])c([2H])c1N(c1cc2c3c(c1)N(c1c([2H])c([2H])c(C(C)(C)C)c([2H])c1[2H])c1c(oc4c([2H])c([2H])c(C(C)(C)C)c([2H])c14)B3c1c([2H])c(C(C)(C)C)c([2H])c([2H])c1N2c1c([2H])c([2H])c(C(C)(C)C)c([2H])c1[2H])c1c([2H])c([2H])c(C(C)(C)C)c([2H])c1[2H].[2H]c1c([2H])c(C(C)(C)C)c([2H])c([2H])c1N(c1cc2c3c(c1)N(c1c([2H])c([2H])c(C(C)(C)C)c([2H])c1[2H])c1c(sc4c([2H])c([2H])c(C(C)(C)C)c([2H])c14)B3c1c([2H])c(C(C)(C)C)c([2H])c([2H])c1N2c1c([2H])c([2H])c(C(C)(C)C)c([2H])c1[2H])c1c([2H])c([2H])c(C(C)(C)C)c([2H])c1[2H]. The number of furan rings is 1. The van der Waals surface area contributed by atoms with Gasteiger partial charge in [-0.3, -0.25) is 0 Å². The molecule has 10 heteroatoms. The van der Waals surface area contributed by atoms with Crippen LogP contribution in [-0.4, -0.2) is 13.4 Å². The van der Waals surface area contributed by atoms with E-state index in [2.05, 4.69) is 0 Å². The van der Waals surface area contributed by atoms with E-state index in [9.17, 15) is 60.3 Å². The molecule has 4 aliphatic rings. The lowest BCUT2D eigenvalue weighted by Gasteiger charge is -2.44. The third kappa shape index (κ3) is 19.0. The van der Waals surface area contributed by atoms with E-state index in [1.54, 1.807) is 249 Å². The summed E-state index contributed by atoms with van der Waals surface area (Å²) in [6.45, 7) is 59.0. The Balaban J connectivity index is 0.000000228. The molecule has 0 radical (unpaired) electrons. The van der Waals surface area contributed by atoms with Crippen LogP contribution in [0.2, 0.25) is 0 Å². The number of nitrogens with zero attached hydrogens (tertiary/aromatic N) is 6. The second-order valence-corrected chi connectivity index (χ2v) is 52.1. The predicted octanol–water partition coefficient (Wildman–Crippen LogP) is 36.0. The van der Waals surface area contributed by atoms with Crippen LogP contribution in [0.1, 0.15) is 376 Å². The van der Waals surface area contributed by atoms with Crippen molar-refractivity contribution in [1.82, 2.24) is 0 Å². The summed E-state index contributed by atoms with van der Waals surface area (Å²) in [5.74, 6) is 0. The molecule has 14 aromatic carbocycles. The van der Waals surface area contributed by atoms with Crippen molar-refractivity contribution in [2.24, 2.45) is 0 Å². The highest BCUT2D eigenvalue weighted by atomic mass is 32.1. The van der Waals surface area contributed by atoms with Crippen LogP contribution in [0.5, 0.6) is 0 Å². The topological polar surface area (TPSA) is 32.6 Å². The van der Waals surface area contributed by atoms with Gasteiger partial charge in [-0.1, -0.05) is 382 Å². The van der Waals surface area contributed by atoms with Gasteiger partial charge in [-0.15, -0.1) is 11.3 Å². The molecule has 748 valence electrons. The highest BCUT2D eigenvalue weighted by molar-refractivity contribution is 7.33. The molecule has 0 spiro atoms. The molecule has 0 unspecified atom stereocenters. The maximum Gasteiger partial charge on any atom is 0.297 e. The quantitative estimate of drug-likeness (QED) is 0.126. The molecule has 146 heavy (non-hydrogen) atoms. The van der Waals surface area contributed by atoms with Crippen molar-refractivity contribution in [3.05, 3.63) is 357 Å². The van der Waals surface area contributed by atoms with E-state index in [-0.39, 0.29) is 213 Å². The lowest BCUT2D eigenvalue weighted by Crippen LogP contribution is -2.61. The maximum atomic E-state index is 10.6. The van der Waals surface area contributed by atoms with Gasteiger partial charge in [0.05, 0.1) is 88.7 Å². The number of hydrogen-bond donors (Lipinski definition) is 0. The first-order valence-corrected chi connectivity index (χ1v) is 50.7. The second-order valence-electron chi connectivity index (χ2n) is 51.0. The molecular formula is C136H156B2N6OS. The van der Waals surface area contributed by atoms with Crippen molar-refractivity contribution in [3.63, 3.8) is 0 Å². The fraction of sp³-hybridized carbons (Fsp3) is 0.353. The van der Waals surface area contributed by atoms with E-state index in [4.69, 9.17) is 4.42 Å². The van der Waals surface area contributed by atoms with Crippen LogP contribution >= 0.6 is 11.3 Å². The fourth-order valence-electron chi connectivity index (χ4n) is 17.9. The average molecular weight is 1990 g/mol. The molecule has 2 aromatic heterocycles. The molecule has 20 rings (SSSR count). The Morgan fingerprint density at radius 3 is 0.760 bits per heavy atom. The number of fused-ring (bicyclic) bond motifs is 12. The van der Waals surface area contributed by atoms with Crippen LogP contribution in [0, 0.1) is 0 Å². The molecule has 0 atom stereocenters. The zero-order valence-corrected chi connectivity index (χ0v) is 91.8. The minimum atomic E-state index is -1.60. The maximum absolute atomic E-state index is 10.6. The van der Waals surface area contributed by atoms with Crippen molar-refractivity contribution < 1.29 is 64.7 Å². The molecule has 6 heterocycles. The van der Waals surface area contributed by atoms with Crippen molar-refractivity contribution in [2.75, 3.05) is 29.4 Å². The molecule has 16 aromatic rings. The van der Waals surface area contributed by atoms with Gasteiger partial charge in [0.25, 0.3) is 13.4 Å². The van der Waals surface area contributed by atoms with Crippen LogP contribution < -0.4 is 61.7 Å². The van der Waals surface area contributed by atoms with Crippen LogP contribution in [0.3, 0.4) is 0 Å². The summed E-state index contributed by atoms with van der Waals surface area (Å²) in [5.41, 5.74) is -19.9. The summed E-state index contributed by atoms with van der Waals surface area (Å²) in [6.07, 6.45) is 0. The molecule has 4 aliphatic heterocycles. The monoisotopic (exact) mass is 1990 g/mol. The summed E-state index contributed by atoms with van der Waals surface area (Å²) in [7, 11) is 0. The summed E-state index contributed by atoms with van der Waals surface area (Å²) >= 11 is 0.950. The number of hydrogen-bond acceptors (Lipinski definition) is 8. The number of benzene rings is 14. The van der Waals surface area contributed by atoms with E-state index in [1.807, 2.05) is 0 Å². The van der Waals surface area contributed by atoms with E-state index in [1.165, 1.54) is 43.9 Å². The lowest BCUT2D eigenvalue weighted by molar-refractivity contribution is 0.590. The Kier molecular flexibility index (Phi) is 15.0. The van der Waals surface area contributed by atoms with Gasteiger partial charge >= 0.3 is 0 Å². The molecule has 0 bridgehead atoms. The summed E-state index contributed by atoms with van der Waals surface area (Å²) in [4.78, 5) is 7.08. The van der Waals surface area contributed by atoms with E-state index >= 15 is 0 Å². The Morgan fingerprint density at radius 2 is 0.459 bits per heavy atom. The van der Waals surface area contributed by atoms with Crippen LogP contribution in [0.25, 0.3) is 21.1 Å². The van der Waals surface area contributed by atoms with Crippen LogP contribution in [-0.2, 0) is 65.0 Å². The second kappa shape index (κ2) is 35.7. The molecule has 0 saturated carbocycles. The zero-order chi connectivity index (χ0) is 143. The Hall–Kier alpha value is -12.5.